The van der Waals surface area contributed by atoms with E-state index in [4.69, 9.17) is 5.73 Å². The Kier molecular flexibility index (Phi) is 2.43. The van der Waals surface area contributed by atoms with Crippen LogP contribution < -0.4 is 11.1 Å². The second-order valence-electron chi connectivity index (χ2n) is 2.04. The summed E-state index contributed by atoms with van der Waals surface area (Å²) >= 11 is 1.46. The molecule has 0 spiro atoms. The lowest BCUT2D eigenvalue weighted by molar-refractivity contribution is -0.117. The van der Waals surface area contributed by atoms with Crippen molar-refractivity contribution in [3.05, 3.63) is 11.1 Å². The summed E-state index contributed by atoms with van der Waals surface area (Å²) in [6.07, 6.45) is 0.220. The molecule has 4 nitrogen and oxygen atoms in total. The number of nitrogens with zero attached hydrogens (tertiary/aromatic N) is 1. The molecule has 60 valence electrons. The average Bonchev–Trinajstić information content (AvgIpc) is 2.34. The molecule has 0 saturated carbocycles. The third-order valence-electron chi connectivity index (χ3n) is 1.12. The van der Waals surface area contributed by atoms with Crippen LogP contribution in [0.2, 0.25) is 0 Å². The van der Waals surface area contributed by atoms with Gasteiger partial charge in [-0.25, -0.2) is 4.98 Å². The normalized spacial score (nSPS) is 9.55. The summed E-state index contributed by atoms with van der Waals surface area (Å²) in [4.78, 5) is 14.5. The smallest absolute Gasteiger partial charge is 0.223 e. The molecule has 1 rings (SSSR count). The predicted octanol–water partition coefficient (Wildman–Crippen LogP) is 0.213. The number of hydrogen-bond donors (Lipinski definition) is 2. The molecule has 0 saturated heterocycles. The minimum Gasteiger partial charge on any atom is -0.369 e. The second-order valence-corrected chi connectivity index (χ2v) is 2.90. The Bertz CT molecular complexity index is 258. The van der Waals surface area contributed by atoms with E-state index < -0.39 is 0 Å². The van der Waals surface area contributed by atoms with E-state index in [1.165, 1.54) is 11.3 Å². The van der Waals surface area contributed by atoms with Gasteiger partial charge < -0.3 is 11.1 Å². The van der Waals surface area contributed by atoms with Crippen molar-refractivity contribution in [1.29, 1.82) is 0 Å². The van der Waals surface area contributed by atoms with Gasteiger partial charge in [0, 0.05) is 12.4 Å². The van der Waals surface area contributed by atoms with Crippen molar-refractivity contribution in [2.45, 2.75) is 6.42 Å². The lowest BCUT2D eigenvalue weighted by Crippen LogP contribution is -2.13. The van der Waals surface area contributed by atoms with Gasteiger partial charge >= 0.3 is 0 Å². The summed E-state index contributed by atoms with van der Waals surface area (Å²) in [7, 11) is 1.78. The molecule has 0 unspecified atom stereocenters. The maximum absolute atomic E-state index is 10.4. The number of amides is 1. The summed E-state index contributed by atoms with van der Waals surface area (Å²) in [5.74, 6) is -0.349. The number of rotatable bonds is 3. The van der Waals surface area contributed by atoms with E-state index in [0.717, 1.165) is 10.8 Å². The first-order valence-corrected chi connectivity index (χ1v) is 4.01. The molecule has 1 aromatic heterocycles. The van der Waals surface area contributed by atoms with Crippen molar-refractivity contribution in [3.63, 3.8) is 0 Å². The molecule has 0 aromatic carbocycles. The largest absolute Gasteiger partial charge is 0.369 e. The monoisotopic (exact) mass is 171 g/mol. The Balaban J connectivity index is 2.65. The molecule has 0 radical (unpaired) electrons. The van der Waals surface area contributed by atoms with E-state index in [2.05, 4.69) is 10.3 Å². The van der Waals surface area contributed by atoms with Crippen LogP contribution in [0.1, 0.15) is 5.69 Å². The number of hydrogen-bond acceptors (Lipinski definition) is 4. The van der Waals surface area contributed by atoms with Crippen LogP contribution in [0.15, 0.2) is 5.38 Å². The van der Waals surface area contributed by atoms with Crippen LogP contribution in [0, 0.1) is 0 Å². The Hall–Kier alpha value is -1.10. The van der Waals surface area contributed by atoms with E-state index >= 15 is 0 Å². The first-order chi connectivity index (χ1) is 5.22. The fourth-order valence-corrected chi connectivity index (χ4v) is 1.35. The highest BCUT2D eigenvalue weighted by Crippen LogP contribution is 2.14. The van der Waals surface area contributed by atoms with Crippen molar-refractivity contribution < 1.29 is 4.79 Å². The van der Waals surface area contributed by atoms with Crippen LogP contribution in [0.25, 0.3) is 0 Å². The van der Waals surface area contributed by atoms with Crippen LogP contribution in [0.4, 0.5) is 5.13 Å². The van der Waals surface area contributed by atoms with Gasteiger partial charge in [-0.2, -0.15) is 0 Å². The molecule has 5 heteroatoms. The van der Waals surface area contributed by atoms with Gasteiger partial charge in [-0.1, -0.05) is 0 Å². The highest BCUT2D eigenvalue weighted by molar-refractivity contribution is 7.13. The zero-order chi connectivity index (χ0) is 8.27. The molecular formula is C6H9N3OS. The molecule has 1 aromatic rings. The van der Waals surface area contributed by atoms with E-state index in [1.807, 2.05) is 5.38 Å². The first kappa shape index (κ1) is 8.00. The Morgan fingerprint density at radius 3 is 3.09 bits per heavy atom. The number of primary amides is 1. The van der Waals surface area contributed by atoms with Gasteiger partial charge in [-0.15, -0.1) is 11.3 Å². The van der Waals surface area contributed by atoms with E-state index in [-0.39, 0.29) is 12.3 Å². The predicted molar refractivity (Wildman–Crippen MR) is 44.6 cm³/mol. The van der Waals surface area contributed by atoms with Gasteiger partial charge in [0.05, 0.1) is 12.1 Å². The Morgan fingerprint density at radius 1 is 1.91 bits per heavy atom. The number of nitrogens with two attached hydrogens (primary N) is 1. The van der Waals surface area contributed by atoms with Crippen molar-refractivity contribution >= 4 is 22.4 Å². The Morgan fingerprint density at radius 2 is 2.64 bits per heavy atom. The van der Waals surface area contributed by atoms with Crippen LogP contribution in [0.5, 0.6) is 0 Å². The fourth-order valence-electron chi connectivity index (χ4n) is 0.682. The molecule has 1 amide bonds. The summed E-state index contributed by atoms with van der Waals surface area (Å²) in [5.41, 5.74) is 5.71. The summed E-state index contributed by atoms with van der Waals surface area (Å²) in [6.45, 7) is 0. The third-order valence-corrected chi connectivity index (χ3v) is 2.03. The molecule has 0 aliphatic heterocycles. The van der Waals surface area contributed by atoms with Gasteiger partial charge in [0.25, 0.3) is 0 Å². The van der Waals surface area contributed by atoms with Gasteiger partial charge in [0.1, 0.15) is 0 Å². The van der Waals surface area contributed by atoms with Crippen LogP contribution in [-0.2, 0) is 11.2 Å². The number of aromatic nitrogens is 1. The molecule has 0 fully saturated rings. The lowest BCUT2D eigenvalue weighted by Gasteiger charge is -1.89. The van der Waals surface area contributed by atoms with Gasteiger partial charge in [0.15, 0.2) is 5.13 Å². The highest BCUT2D eigenvalue weighted by Gasteiger charge is 2.02. The van der Waals surface area contributed by atoms with Gasteiger partial charge in [0.2, 0.25) is 5.91 Å². The minimum absolute atomic E-state index is 0.220. The molecule has 0 aliphatic rings. The summed E-state index contributed by atoms with van der Waals surface area (Å²) in [5, 5.41) is 5.50. The number of carbonyl (C=O) groups excluding carboxylic acids is 1. The Labute approximate surface area is 68.4 Å². The molecule has 0 atom stereocenters. The minimum atomic E-state index is -0.349. The van der Waals surface area contributed by atoms with E-state index in [0.29, 0.717) is 0 Å². The zero-order valence-corrected chi connectivity index (χ0v) is 6.94. The number of anilines is 1. The topological polar surface area (TPSA) is 68.0 Å². The lowest BCUT2D eigenvalue weighted by atomic mass is 10.3. The fraction of sp³-hybridized carbons (Fsp3) is 0.333. The summed E-state index contributed by atoms with van der Waals surface area (Å²) < 4.78 is 0. The van der Waals surface area contributed by atoms with Crippen molar-refractivity contribution in [2.75, 3.05) is 12.4 Å². The molecule has 3 N–H and O–H groups in total. The van der Waals surface area contributed by atoms with E-state index in [1.54, 1.807) is 7.05 Å². The van der Waals surface area contributed by atoms with Crippen molar-refractivity contribution in [3.8, 4) is 0 Å². The van der Waals surface area contributed by atoms with Crippen molar-refractivity contribution in [1.82, 2.24) is 4.98 Å². The molecule has 0 bridgehead atoms. The summed E-state index contributed by atoms with van der Waals surface area (Å²) in [6, 6.07) is 0. The molecule has 1 heterocycles. The van der Waals surface area contributed by atoms with Gasteiger partial charge in [-0.05, 0) is 0 Å². The number of thiazole rings is 1. The van der Waals surface area contributed by atoms with Crippen LogP contribution >= 0.6 is 11.3 Å². The standard InChI is InChI=1S/C6H9N3OS/c1-8-6-9-4(3-11-6)2-5(7)10/h3H,2H2,1H3,(H2,7,10)(H,8,9). The quantitative estimate of drug-likeness (QED) is 0.683. The molecular weight excluding hydrogens is 162 g/mol. The van der Waals surface area contributed by atoms with Crippen molar-refractivity contribution in [2.24, 2.45) is 5.73 Å². The van der Waals surface area contributed by atoms with E-state index in [9.17, 15) is 4.79 Å². The van der Waals surface area contributed by atoms with Crippen LogP contribution in [0.3, 0.4) is 0 Å². The zero-order valence-electron chi connectivity index (χ0n) is 6.13. The average molecular weight is 171 g/mol. The maximum atomic E-state index is 10.4. The number of nitrogens with one attached hydrogen (secondary N) is 1. The highest BCUT2D eigenvalue weighted by atomic mass is 32.1. The van der Waals surface area contributed by atoms with Gasteiger partial charge in [-0.3, -0.25) is 4.79 Å². The molecule has 0 aliphatic carbocycles. The SMILES string of the molecule is CNc1nc(CC(N)=O)cs1. The third kappa shape index (κ3) is 2.19. The van der Waals surface area contributed by atoms with Crippen LogP contribution in [-0.4, -0.2) is 17.9 Å². The molecule has 11 heavy (non-hydrogen) atoms. The number of carbonyl (C=O) groups is 1. The first-order valence-electron chi connectivity index (χ1n) is 3.13. The second kappa shape index (κ2) is 3.34. The maximum Gasteiger partial charge on any atom is 0.223 e.